The molecule has 256 valence electrons. The van der Waals surface area contributed by atoms with Gasteiger partial charge < -0.3 is 39.9 Å². The fourth-order valence-electron chi connectivity index (χ4n) is 7.51. The molecule has 48 heavy (non-hydrogen) atoms. The largest absolute Gasteiger partial charge is 0.507 e. The van der Waals surface area contributed by atoms with Gasteiger partial charge in [0.15, 0.2) is 6.10 Å². The zero-order chi connectivity index (χ0) is 34.0. The molecule has 4 heterocycles. The minimum absolute atomic E-state index is 0.00886. The molecule has 4 aliphatic heterocycles. The van der Waals surface area contributed by atoms with Gasteiger partial charge in [0.25, 0.3) is 5.91 Å². The van der Waals surface area contributed by atoms with E-state index in [-0.39, 0.29) is 35.6 Å². The second-order valence-corrected chi connectivity index (χ2v) is 14.8. The molecule has 3 fully saturated rings. The number of nitrogens with zero attached hydrogens (tertiary/aromatic N) is 4. The average Bonchev–Trinajstić information content (AvgIpc) is 3.24. The highest BCUT2D eigenvalue weighted by molar-refractivity contribution is 9.10. The van der Waals surface area contributed by atoms with Crippen LogP contribution < -0.4 is 10.8 Å². The second kappa shape index (κ2) is 14.7. The van der Waals surface area contributed by atoms with Gasteiger partial charge in [-0.25, -0.2) is 9.59 Å². The number of carbonyl (C=O) groups is 3. The van der Waals surface area contributed by atoms with E-state index < -0.39 is 17.8 Å². The Hall–Kier alpha value is -3.29. The molecule has 0 aromatic heterocycles. The number of phenols is 1. The van der Waals surface area contributed by atoms with E-state index in [1.165, 1.54) is 0 Å². The summed E-state index contributed by atoms with van der Waals surface area (Å²) in [5, 5.41) is 23.6. The van der Waals surface area contributed by atoms with Crippen molar-refractivity contribution in [3.05, 3.63) is 52.0 Å². The van der Waals surface area contributed by atoms with E-state index in [9.17, 15) is 24.6 Å². The van der Waals surface area contributed by atoms with Crippen LogP contribution in [0.5, 0.6) is 5.75 Å². The topological polar surface area (TPSA) is 126 Å². The number of amides is 4. The summed E-state index contributed by atoms with van der Waals surface area (Å²) in [7, 11) is 6.01. The number of halogens is 1. The molecule has 2 radical (unpaired) electrons. The summed E-state index contributed by atoms with van der Waals surface area (Å²) >= 11 is 3.33. The van der Waals surface area contributed by atoms with Crippen LogP contribution in [-0.2, 0) is 22.4 Å². The Bertz CT molecular complexity index is 1480. The fourth-order valence-corrected chi connectivity index (χ4v) is 8.03. The molecule has 1 atom stereocenters. The number of hydrogen-bond acceptors (Lipinski definition) is 7. The Balaban J connectivity index is 1.08. The minimum Gasteiger partial charge on any atom is -0.507 e. The van der Waals surface area contributed by atoms with Crippen LogP contribution in [0.2, 0.25) is 0 Å². The first-order chi connectivity index (χ1) is 23.0. The smallest absolute Gasteiger partial charge is 0.410 e. The van der Waals surface area contributed by atoms with Gasteiger partial charge in [0.2, 0.25) is 0 Å². The third kappa shape index (κ3) is 7.95. The van der Waals surface area contributed by atoms with Gasteiger partial charge in [0, 0.05) is 70.0 Å². The van der Waals surface area contributed by atoms with Crippen molar-refractivity contribution in [1.29, 1.82) is 0 Å². The quantitative estimate of drug-likeness (QED) is 0.391. The maximum Gasteiger partial charge on any atom is 0.410 e. The Morgan fingerprint density at radius 3 is 2.33 bits per heavy atom. The van der Waals surface area contributed by atoms with Crippen molar-refractivity contribution >= 4 is 53.0 Å². The molecule has 6 rings (SSSR count). The summed E-state index contributed by atoms with van der Waals surface area (Å²) in [6.45, 7) is 6.11. The highest BCUT2D eigenvalue weighted by atomic mass is 79.9. The average molecular weight is 722 g/mol. The fraction of sp³-hybridized carbons (Fsp3) is 0.571. The maximum absolute atomic E-state index is 14.0. The Kier molecular flexibility index (Phi) is 10.6. The minimum atomic E-state index is -1.07. The number of anilines is 1. The maximum atomic E-state index is 14.0. The molecule has 0 unspecified atom stereocenters. The number of aliphatic hydroxyl groups is 1. The number of fused-ring (bicyclic) bond motifs is 1. The van der Waals surface area contributed by atoms with Gasteiger partial charge in [0.1, 0.15) is 13.6 Å². The highest BCUT2D eigenvalue weighted by Gasteiger charge is 2.37. The van der Waals surface area contributed by atoms with Gasteiger partial charge in [-0.1, -0.05) is 29.7 Å². The van der Waals surface area contributed by atoms with Crippen molar-refractivity contribution in [1.82, 2.24) is 19.6 Å². The molecule has 0 aliphatic carbocycles. The summed E-state index contributed by atoms with van der Waals surface area (Å²) in [5.74, 6) is -0.327. The number of ether oxygens (including phenoxy) is 1. The zero-order valence-electron chi connectivity index (χ0n) is 27.6. The summed E-state index contributed by atoms with van der Waals surface area (Å²) < 4.78 is 6.40. The van der Waals surface area contributed by atoms with Crippen LogP contribution in [-0.4, -0.2) is 125 Å². The van der Waals surface area contributed by atoms with Crippen LogP contribution >= 0.6 is 15.9 Å². The number of urea groups is 1. The molecule has 0 bridgehead atoms. The van der Waals surface area contributed by atoms with Gasteiger partial charge >= 0.3 is 12.1 Å². The number of likely N-dealkylation sites (tertiary alicyclic amines) is 3. The monoisotopic (exact) mass is 721 g/mol. The molecular weight excluding hydrogens is 677 g/mol. The Morgan fingerprint density at radius 2 is 1.65 bits per heavy atom. The molecular formula is C35H45BBrN5O6. The number of para-hydroxylation sites is 1. The van der Waals surface area contributed by atoms with E-state index in [2.05, 4.69) is 26.1 Å². The molecule has 4 amide bonds. The first-order valence-electron chi connectivity index (χ1n) is 17.1. The van der Waals surface area contributed by atoms with Crippen molar-refractivity contribution in [3.8, 4) is 5.75 Å². The van der Waals surface area contributed by atoms with Crippen molar-refractivity contribution < 1.29 is 29.3 Å². The summed E-state index contributed by atoms with van der Waals surface area (Å²) in [6.07, 6.45) is 3.58. The molecule has 2 aromatic carbocycles. The van der Waals surface area contributed by atoms with Gasteiger partial charge in [-0.05, 0) is 91.1 Å². The third-order valence-electron chi connectivity index (χ3n) is 10.6. The van der Waals surface area contributed by atoms with E-state index >= 15 is 0 Å². The molecule has 3 saturated heterocycles. The number of hydrogen-bond donors (Lipinski definition) is 3. The lowest BCUT2D eigenvalue weighted by molar-refractivity contribution is -0.142. The summed E-state index contributed by atoms with van der Waals surface area (Å²) in [6, 6.07) is 11.3. The van der Waals surface area contributed by atoms with Crippen LogP contribution in [0.25, 0.3) is 0 Å². The zero-order valence-corrected chi connectivity index (χ0v) is 29.2. The van der Waals surface area contributed by atoms with Crippen LogP contribution in [0.3, 0.4) is 0 Å². The van der Waals surface area contributed by atoms with Gasteiger partial charge in [-0.3, -0.25) is 4.79 Å². The van der Waals surface area contributed by atoms with Gasteiger partial charge in [-0.2, -0.15) is 0 Å². The molecule has 2 aromatic rings. The van der Waals surface area contributed by atoms with E-state index in [1.54, 1.807) is 21.9 Å². The number of aromatic hydroxyl groups is 1. The number of benzene rings is 2. The molecule has 0 saturated carbocycles. The first-order valence-corrected chi connectivity index (χ1v) is 17.9. The number of phenolic OH excluding ortho intramolecular Hbond substituents is 1. The van der Waals surface area contributed by atoms with E-state index in [0.717, 1.165) is 56.4 Å². The number of nitrogens with one attached hydrogen (secondary N) is 1. The van der Waals surface area contributed by atoms with E-state index in [0.29, 0.717) is 61.6 Å². The lowest BCUT2D eigenvalue weighted by Gasteiger charge is -2.43. The number of piperidine rings is 3. The van der Waals surface area contributed by atoms with Crippen molar-refractivity contribution in [2.75, 3.05) is 51.1 Å². The van der Waals surface area contributed by atoms with Gasteiger partial charge in [0.05, 0.1) is 10.1 Å². The van der Waals surface area contributed by atoms with E-state index in [4.69, 9.17) is 12.6 Å². The standard InChI is InChI=1S/C35H45BBrN5O6/c1-35(47)11-18-39(19-12-35)25-7-13-40(14-8-25)32(44)30(22-23-20-27(36)31(43)28(37)21-23)48-34(46)41-15-9-26(10-16-41)42-17-6-24-4-2-3-5-29(24)38-33(42)45/h2-5,20-21,25-26,30,43,47H,6-19,22H2,1H3,(H,38,45)/t30-/m1/s1. The van der Waals surface area contributed by atoms with Crippen LogP contribution in [0.4, 0.5) is 15.3 Å². The predicted octanol–water partition coefficient (Wildman–Crippen LogP) is 3.39. The summed E-state index contributed by atoms with van der Waals surface area (Å²) in [4.78, 5) is 48.3. The number of carbonyl (C=O) groups excluding carboxylic acids is 3. The van der Waals surface area contributed by atoms with Crippen molar-refractivity contribution in [3.63, 3.8) is 0 Å². The molecule has 11 nitrogen and oxygen atoms in total. The van der Waals surface area contributed by atoms with Crippen molar-refractivity contribution in [2.24, 2.45) is 0 Å². The van der Waals surface area contributed by atoms with Crippen LogP contribution in [0.15, 0.2) is 40.9 Å². The SMILES string of the molecule is [B]c1cc(C[C@@H](OC(=O)N2CCC(N3CCc4ccccc4NC3=O)CC2)C(=O)N2CCC(N3CCC(C)(O)CC3)CC2)cc(Br)c1O. The van der Waals surface area contributed by atoms with E-state index in [1.807, 2.05) is 36.1 Å². The Morgan fingerprint density at radius 1 is 1.00 bits per heavy atom. The van der Waals surface area contributed by atoms with Crippen LogP contribution in [0.1, 0.15) is 56.6 Å². The first kappa shape index (κ1) is 34.6. The highest BCUT2D eigenvalue weighted by Crippen LogP contribution is 2.29. The molecule has 4 aliphatic rings. The summed E-state index contributed by atoms with van der Waals surface area (Å²) in [5.41, 5.74) is 2.17. The molecule has 3 N–H and O–H groups in total. The van der Waals surface area contributed by atoms with Crippen molar-refractivity contribution in [2.45, 2.75) is 82.1 Å². The third-order valence-corrected chi connectivity index (χ3v) is 11.2. The normalized spacial score (nSPS) is 21.6. The molecule has 0 spiro atoms. The molecule has 13 heteroatoms. The predicted molar refractivity (Wildman–Crippen MR) is 187 cm³/mol. The number of rotatable bonds is 6. The lowest BCUT2D eigenvalue weighted by atomic mass is 9.90. The van der Waals surface area contributed by atoms with Crippen LogP contribution in [0, 0.1) is 0 Å². The Labute approximate surface area is 292 Å². The van der Waals surface area contributed by atoms with Gasteiger partial charge in [-0.15, -0.1) is 0 Å². The lowest BCUT2D eigenvalue weighted by Crippen LogP contribution is -2.54. The second-order valence-electron chi connectivity index (χ2n) is 13.9.